The molecule has 1 unspecified atom stereocenters. The molecule has 0 bridgehead atoms. The first-order chi connectivity index (χ1) is 7.56. The largest absolute Gasteiger partial charge is 0.349 e. The Morgan fingerprint density at radius 1 is 1.44 bits per heavy atom. The van der Waals surface area contributed by atoms with Gasteiger partial charge in [0, 0.05) is 12.2 Å². The van der Waals surface area contributed by atoms with Crippen LogP contribution in [-0.4, -0.2) is 28.9 Å². The molecule has 0 saturated heterocycles. The van der Waals surface area contributed by atoms with Crippen molar-refractivity contribution in [3.8, 4) is 0 Å². The van der Waals surface area contributed by atoms with E-state index in [0.717, 1.165) is 25.0 Å². The van der Waals surface area contributed by atoms with E-state index in [9.17, 15) is 14.4 Å². The standard InChI is InChI=1S/C10H14N2O4/c1-2-3-4-7(11)10(15)16-12-8(13)5-6-9(12)14/h5-7H,2-4,11H2,1H3. The Morgan fingerprint density at radius 3 is 2.50 bits per heavy atom. The quantitative estimate of drug-likeness (QED) is 0.660. The molecule has 88 valence electrons. The molecule has 0 aliphatic carbocycles. The van der Waals surface area contributed by atoms with Crippen LogP contribution in [0.2, 0.25) is 0 Å². The number of unbranched alkanes of at least 4 members (excludes halogenated alkanes) is 1. The van der Waals surface area contributed by atoms with Gasteiger partial charge in [-0.3, -0.25) is 9.59 Å². The number of imide groups is 1. The summed E-state index contributed by atoms with van der Waals surface area (Å²) in [6, 6.07) is -0.804. The number of nitrogens with two attached hydrogens (primary N) is 1. The van der Waals surface area contributed by atoms with Crippen LogP contribution in [0, 0.1) is 0 Å². The maximum absolute atomic E-state index is 11.4. The first-order valence-corrected chi connectivity index (χ1v) is 5.09. The fourth-order valence-corrected chi connectivity index (χ4v) is 1.18. The van der Waals surface area contributed by atoms with Crippen molar-refractivity contribution in [1.29, 1.82) is 0 Å². The van der Waals surface area contributed by atoms with Crippen LogP contribution in [0.5, 0.6) is 0 Å². The SMILES string of the molecule is CCCCC(N)C(=O)ON1C(=O)C=CC1=O. The molecule has 1 aliphatic heterocycles. The summed E-state index contributed by atoms with van der Waals surface area (Å²) in [5.74, 6) is -2.10. The molecule has 0 aromatic carbocycles. The van der Waals surface area contributed by atoms with Gasteiger partial charge in [0.15, 0.2) is 0 Å². The van der Waals surface area contributed by atoms with E-state index in [2.05, 4.69) is 4.84 Å². The molecular weight excluding hydrogens is 212 g/mol. The predicted molar refractivity (Wildman–Crippen MR) is 54.6 cm³/mol. The van der Waals surface area contributed by atoms with Gasteiger partial charge >= 0.3 is 5.97 Å². The summed E-state index contributed by atoms with van der Waals surface area (Å²) in [6.45, 7) is 1.97. The van der Waals surface area contributed by atoms with E-state index in [1.54, 1.807) is 0 Å². The van der Waals surface area contributed by atoms with Crippen LogP contribution in [-0.2, 0) is 19.2 Å². The Bertz CT molecular complexity index is 320. The number of carbonyl (C=O) groups is 3. The average Bonchev–Trinajstić information content (AvgIpc) is 2.57. The van der Waals surface area contributed by atoms with Crippen LogP contribution in [0.1, 0.15) is 26.2 Å². The van der Waals surface area contributed by atoms with Gasteiger partial charge in [0.05, 0.1) is 0 Å². The number of hydrogen-bond donors (Lipinski definition) is 1. The van der Waals surface area contributed by atoms with Crippen LogP contribution >= 0.6 is 0 Å². The monoisotopic (exact) mass is 226 g/mol. The van der Waals surface area contributed by atoms with Crippen molar-refractivity contribution in [2.45, 2.75) is 32.2 Å². The minimum absolute atomic E-state index is 0.411. The highest BCUT2D eigenvalue weighted by Gasteiger charge is 2.29. The molecule has 6 heteroatoms. The Hall–Kier alpha value is -1.69. The van der Waals surface area contributed by atoms with Crippen LogP contribution < -0.4 is 5.73 Å². The van der Waals surface area contributed by atoms with E-state index < -0.39 is 23.8 Å². The molecule has 1 rings (SSSR count). The summed E-state index contributed by atoms with van der Waals surface area (Å²) in [5.41, 5.74) is 5.53. The topological polar surface area (TPSA) is 89.7 Å². The number of amides is 2. The summed E-state index contributed by atoms with van der Waals surface area (Å²) in [4.78, 5) is 38.1. The maximum Gasteiger partial charge on any atom is 0.349 e. The van der Waals surface area contributed by atoms with E-state index in [4.69, 9.17) is 5.73 Å². The summed E-state index contributed by atoms with van der Waals surface area (Å²) >= 11 is 0. The second-order valence-electron chi connectivity index (χ2n) is 3.46. The molecule has 1 aliphatic rings. The second-order valence-corrected chi connectivity index (χ2v) is 3.46. The third-order valence-electron chi connectivity index (χ3n) is 2.12. The second kappa shape index (κ2) is 5.41. The van der Waals surface area contributed by atoms with E-state index in [-0.39, 0.29) is 0 Å². The van der Waals surface area contributed by atoms with Crippen LogP contribution in [0.3, 0.4) is 0 Å². The van der Waals surface area contributed by atoms with Gasteiger partial charge in [-0.15, -0.1) is 0 Å². The molecule has 0 spiro atoms. The summed E-state index contributed by atoms with van der Waals surface area (Å²) in [7, 11) is 0. The molecule has 0 saturated carbocycles. The van der Waals surface area contributed by atoms with Crippen molar-refractivity contribution >= 4 is 17.8 Å². The zero-order valence-electron chi connectivity index (χ0n) is 9.01. The Kier molecular flexibility index (Phi) is 4.19. The number of hydrogen-bond acceptors (Lipinski definition) is 5. The molecule has 0 fully saturated rings. The highest BCUT2D eigenvalue weighted by molar-refractivity contribution is 6.12. The van der Waals surface area contributed by atoms with Gasteiger partial charge in [-0.1, -0.05) is 24.8 Å². The highest BCUT2D eigenvalue weighted by Crippen LogP contribution is 2.07. The van der Waals surface area contributed by atoms with Gasteiger partial charge in [0.1, 0.15) is 6.04 Å². The fraction of sp³-hybridized carbons (Fsp3) is 0.500. The molecule has 1 atom stereocenters. The van der Waals surface area contributed by atoms with Crippen LogP contribution in [0.15, 0.2) is 12.2 Å². The van der Waals surface area contributed by atoms with Gasteiger partial charge in [-0.05, 0) is 6.42 Å². The number of carbonyl (C=O) groups excluding carboxylic acids is 3. The first kappa shape index (κ1) is 12.4. The van der Waals surface area contributed by atoms with Crippen LogP contribution in [0.25, 0.3) is 0 Å². The van der Waals surface area contributed by atoms with E-state index in [1.165, 1.54) is 0 Å². The fourth-order valence-electron chi connectivity index (χ4n) is 1.18. The Labute approximate surface area is 93.0 Å². The number of nitrogens with zero attached hydrogens (tertiary/aromatic N) is 1. The van der Waals surface area contributed by atoms with Crippen LogP contribution in [0.4, 0.5) is 0 Å². The lowest BCUT2D eigenvalue weighted by molar-refractivity contribution is -0.197. The Morgan fingerprint density at radius 2 is 2.00 bits per heavy atom. The third-order valence-corrected chi connectivity index (χ3v) is 2.12. The van der Waals surface area contributed by atoms with Gasteiger partial charge in [0.2, 0.25) is 0 Å². The highest BCUT2D eigenvalue weighted by atomic mass is 16.7. The van der Waals surface area contributed by atoms with Crippen molar-refractivity contribution in [3.05, 3.63) is 12.2 Å². The normalized spacial score (nSPS) is 16.8. The number of rotatable bonds is 5. The van der Waals surface area contributed by atoms with E-state index in [0.29, 0.717) is 11.5 Å². The minimum Gasteiger partial charge on any atom is -0.328 e. The van der Waals surface area contributed by atoms with Crippen molar-refractivity contribution < 1.29 is 19.2 Å². The summed E-state index contributed by atoms with van der Waals surface area (Å²) in [5, 5.41) is 0.411. The Balaban J connectivity index is 2.45. The van der Waals surface area contributed by atoms with E-state index in [1.807, 2.05) is 6.92 Å². The maximum atomic E-state index is 11.4. The lowest BCUT2D eigenvalue weighted by Crippen LogP contribution is -2.40. The molecular formula is C10H14N2O4. The van der Waals surface area contributed by atoms with Crippen molar-refractivity contribution in [2.24, 2.45) is 5.73 Å². The predicted octanol–water partition coefficient (Wildman–Crippen LogP) is -0.113. The lowest BCUT2D eigenvalue weighted by atomic mass is 10.1. The van der Waals surface area contributed by atoms with E-state index >= 15 is 0 Å². The van der Waals surface area contributed by atoms with Crippen molar-refractivity contribution in [3.63, 3.8) is 0 Å². The molecule has 2 amide bonds. The zero-order valence-corrected chi connectivity index (χ0v) is 9.01. The average molecular weight is 226 g/mol. The summed E-state index contributed by atoms with van der Waals surface area (Å²) in [6.07, 6.45) is 4.24. The molecule has 2 N–H and O–H groups in total. The molecule has 1 heterocycles. The number of hydroxylamine groups is 2. The smallest absolute Gasteiger partial charge is 0.328 e. The first-order valence-electron chi connectivity index (χ1n) is 5.09. The minimum atomic E-state index is -0.804. The van der Waals surface area contributed by atoms with Crippen molar-refractivity contribution in [2.75, 3.05) is 0 Å². The molecule has 6 nitrogen and oxygen atoms in total. The zero-order chi connectivity index (χ0) is 12.1. The summed E-state index contributed by atoms with van der Waals surface area (Å²) < 4.78 is 0. The van der Waals surface area contributed by atoms with Gasteiger partial charge in [-0.25, -0.2) is 4.79 Å². The lowest BCUT2D eigenvalue weighted by Gasteiger charge is -2.15. The molecule has 0 aromatic rings. The molecule has 16 heavy (non-hydrogen) atoms. The molecule has 0 aromatic heterocycles. The molecule has 0 radical (unpaired) electrons. The van der Waals surface area contributed by atoms with Crippen molar-refractivity contribution in [1.82, 2.24) is 5.06 Å². The third kappa shape index (κ3) is 2.90. The van der Waals surface area contributed by atoms with Gasteiger partial charge < -0.3 is 10.6 Å². The van der Waals surface area contributed by atoms with Gasteiger partial charge in [0.25, 0.3) is 11.8 Å². The van der Waals surface area contributed by atoms with Gasteiger partial charge in [-0.2, -0.15) is 0 Å².